The number of benzene rings is 2. The molecule has 1 aliphatic rings. The lowest BCUT2D eigenvalue weighted by atomic mass is 10.1. The van der Waals surface area contributed by atoms with Crippen LogP contribution < -0.4 is 25.0 Å². The van der Waals surface area contributed by atoms with Crippen LogP contribution in [0, 0.1) is 5.92 Å². The van der Waals surface area contributed by atoms with Gasteiger partial charge in [0, 0.05) is 50.5 Å². The number of rotatable bonds is 8. The number of hydrogen-bond acceptors (Lipinski definition) is 4. The molecule has 2 aromatic rings. The maximum atomic E-state index is 5.70. The van der Waals surface area contributed by atoms with E-state index in [2.05, 4.69) is 38.7 Å². The molecule has 1 saturated heterocycles. The number of nitrogens with zero attached hydrogens (tertiary/aromatic N) is 2. The fraction of sp³-hybridized carbons (Fsp3) is 0.435. The van der Waals surface area contributed by atoms with E-state index in [-0.39, 0.29) is 24.0 Å². The fourth-order valence-corrected chi connectivity index (χ4v) is 3.63. The van der Waals surface area contributed by atoms with Gasteiger partial charge in [-0.25, -0.2) is 0 Å². The Balaban J connectivity index is 0.00000320. The van der Waals surface area contributed by atoms with Gasteiger partial charge in [0.25, 0.3) is 0 Å². The zero-order valence-corrected chi connectivity index (χ0v) is 20.4. The van der Waals surface area contributed by atoms with Crippen LogP contribution in [0.2, 0.25) is 0 Å². The molecule has 0 aromatic heterocycles. The van der Waals surface area contributed by atoms with Crippen molar-refractivity contribution in [2.45, 2.75) is 19.9 Å². The van der Waals surface area contributed by atoms with Gasteiger partial charge >= 0.3 is 0 Å². The lowest BCUT2D eigenvalue weighted by Crippen LogP contribution is -2.40. The second-order valence-electron chi connectivity index (χ2n) is 7.15. The van der Waals surface area contributed by atoms with E-state index >= 15 is 0 Å². The summed E-state index contributed by atoms with van der Waals surface area (Å²) < 4.78 is 11.0. The van der Waals surface area contributed by atoms with Crippen molar-refractivity contribution in [3.05, 3.63) is 54.1 Å². The number of hydrogen-bond donors (Lipinski definition) is 2. The Kier molecular flexibility index (Phi) is 10.1. The van der Waals surface area contributed by atoms with Gasteiger partial charge in [0.1, 0.15) is 11.5 Å². The average Bonchev–Trinajstić information content (AvgIpc) is 3.24. The van der Waals surface area contributed by atoms with Crippen LogP contribution in [0.4, 0.5) is 5.69 Å². The summed E-state index contributed by atoms with van der Waals surface area (Å²) in [6, 6.07) is 16.4. The highest BCUT2D eigenvalue weighted by molar-refractivity contribution is 14.0. The quantitative estimate of drug-likeness (QED) is 0.312. The van der Waals surface area contributed by atoms with Crippen molar-refractivity contribution in [3.8, 4) is 11.5 Å². The highest BCUT2D eigenvalue weighted by atomic mass is 127. The highest BCUT2D eigenvalue weighted by Gasteiger charge is 2.23. The standard InChI is InChI=1S/C23H32N4O2.HI/c1-4-29-22-11-6-5-8-19(22)16-26-23(24-2)25-15-18-12-13-27(17-18)20-9-7-10-21(14-20)28-3;/h5-11,14,18H,4,12-13,15-17H2,1-3H3,(H2,24,25,26);1H. The molecule has 3 rings (SSSR count). The monoisotopic (exact) mass is 524 g/mol. The molecule has 0 spiro atoms. The second-order valence-corrected chi connectivity index (χ2v) is 7.15. The molecule has 0 radical (unpaired) electrons. The molecule has 1 heterocycles. The first kappa shape index (κ1) is 24.1. The average molecular weight is 524 g/mol. The third kappa shape index (κ3) is 6.68. The summed E-state index contributed by atoms with van der Waals surface area (Å²) in [7, 11) is 3.52. The number of anilines is 1. The Morgan fingerprint density at radius 2 is 2.00 bits per heavy atom. The fourth-order valence-electron chi connectivity index (χ4n) is 3.63. The van der Waals surface area contributed by atoms with E-state index in [0.717, 1.165) is 49.1 Å². The van der Waals surface area contributed by atoms with E-state index in [4.69, 9.17) is 9.47 Å². The van der Waals surface area contributed by atoms with Crippen LogP contribution in [0.1, 0.15) is 18.9 Å². The highest BCUT2D eigenvalue weighted by Crippen LogP contribution is 2.26. The van der Waals surface area contributed by atoms with Gasteiger partial charge < -0.3 is 25.0 Å². The summed E-state index contributed by atoms with van der Waals surface area (Å²) in [5, 5.41) is 6.87. The number of halogens is 1. The molecule has 1 fully saturated rings. The van der Waals surface area contributed by atoms with E-state index in [1.807, 2.05) is 37.3 Å². The van der Waals surface area contributed by atoms with E-state index < -0.39 is 0 Å². The summed E-state index contributed by atoms with van der Waals surface area (Å²) in [5.74, 6) is 3.22. The van der Waals surface area contributed by atoms with Crippen molar-refractivity contribution < 1.29 is 9.47 Å². The van der Waals surface area contributed by atoms with Gasteiger partial charge in [-0.1, -0.05) is 24.3 Å². The molecule has 1 aliphatic heterocycles. The van der Waals surface area contributed by atoms with Crippen LogP contribution >= 0.6 is 24.0 Å². The van der Waals surface area contributed by atoms with Crippen LogP contribution in [0.15, 0.2) is 53.5 Å². The number of aliphatic imine (C=N–C) groups is 1. The van der Waals surface area contributed by atoms with Gasteiger partial charge in [-0.3, -0.25) is 4.99 Å². The normalized spacial score (nSPS) is 16.0. The van der Waals surface area contributed by atoms with Crippen molar-refractivity contribution in [2.75, 3.05) is 45.3 Å². The third-order valence-electron chi connectivity index (χ3n) is 5.20. The number of ether oxygens (including phenoxy) is 2. The van der Waals surface area contributed by atoms with E-state index in [1.54, 1.807) is 14.2 Å². The second kappa shape index (κ2) is 12.5. The van der Waals surface area contributed by atoms with Crippen LogP contribution in [0.3, 0.4) is 0 Å². The van der Waals surface area contributed by atoms with Crippen molar-refractivity contribution in [3.63, 3.8) is 0 Å². The SMILES string of the molecule is CCOc1ccccc1CNC(=NC)NCC1CCN(c2cccc(OC)c2)C1.I. The molecular formula is C23H33IN4O2. The molecule has 2 N–H and O–H groups in total. The minimum absolute atomic E-state index is 0. The van der Waals surface area contributed by atoms with Crippen LogP contribution in [-0.4, -0.2) is 46.4 Å². The molecule has 0 amide bonds. The Morgan fingerprint density at radius 1 is 1.17 bits per heavy atom. The summed E-state index contributed by atoms with van der Waals surface area (Å²) in [6.07, 6.45) is 1.16. The van der Waals surface area contributed by atoms with Gasteiger partial charge in [-0.15, -0.1) is 24.0 Å². The summed E-state index contributed by atoms with van der Waals surface area (Å²) in [6.45, 7) is 6.33. The number of guanidine groups is 1. The summed E-state index contributed by atoms with van der Waals surface area (Å²) in [5.41, 5.74) is 2.35. The molecule has 2 aromatic carbocycles. The molecule has 0 aliphatic carbocycles. The first-order valence-electron chi connectivity index (χ1n) is 10.3. The maximum Gasteiger partial charge on any atom is 0.191 e. The van der Waals surface area contributed by atoms with Crippen molar-refractivity contribution in [2.24, 2.45) is 10.9 Å². The minimum atomic E-state index is 0. The first-order valence-corrected chi connectivity index (χ1v) is 10.3. The topological polar surface area (TPSA) is 58.1 Å². The van der Waals surface area contributed by atoms with Crippen LogP contribution in [-0.2, 0) is 6.54 Å². The van der Waals surface area contributed by atoms with Gasteiger partial charge in [0.05, 0.1) is 13.7 Å². The molecule has 6 nitrogen and oxygen atoms in total. The van der Waals surface area contributed by atoms with E-state index in [0.29, 0.717) is 19.1 Å². The lowest BCUT2D eigenvalue weighted by molar-refractivity contribution is 0.336. The molecule has 7 heteroatoms. The molecular weight excluding hydrogens is 491 g/mol. The molecule has 1 unspecified atom stereocenters. The predicted octanol–water partition coefficient (Wildman–Crippen LogP) is 3.90. The van der Waals surface area contributed by atoms with Gasteiger partial charge in [0.2, 0.25) is 0 Å². The number of methoxy groups -OCH3 is 1. The van der Waals surface area contributed by atoms with Crippen molar-refractivity contribution >= 4 is 35.6 Å². The maximum absolute atomic E-state index is 5.70. The van der Waals surface area contributed by atoms with Gasteiger partial charge in [-0.05, 0) is 37.5 Å². The lowest BCUT2D eigenvalue weighted by Gasteiger charge is -2.20. The number of nitrogens with one attached hydrogen (secondary N) is 2. The molecule has 0 saturated carbocycles. The molecule has 0 bridgehead atoms. The zero-order chi connectivity index (χ0) is 20.5. The molecule has 30 heavy (non-hydrogen) atoms. The smallest absolute Gasteiger partial charge is 0.191 e. The largest absolute Gasteiger partial charge is 0.497 e. The van der Waals surface area contributed by atoms with Crippen LogP contribution in [0.25, 0.3) is 0 Å². The Labute approximate surface area is 197 Å². The minimum Gasteiger partial charge on any atom is -0.497 e. The molecule has 1 atom stereocenters. The number of para-hydroxylation sites is 1. The van der Waals surface area contributed by atoms with E-state index in [9.17, 15) is 0 Å². The Hall–Kier alpha value is -2.16. The van der Waals surface area contributed by atoms with Gasteiger partial charge in [-0.2, -0.15) is 0 Å². The predicted molar refractivity (Wildman–Crippen MR) is 135 cm³/mol. The summed E-state index contributed by atoms with van der Waals surface area (Å²) >= 11 is 0. The van der Waals surface area contributed by atoms with Gasteiger partial charge in [0.15, 0.2) is 5.96 Å². The molecule has 164 valence electrons. The Morgan fingerprint density at radius 3 is 2.77 bits per heavy atom. The van der Waals surface area contributed by atoms with Crippen LogP contribution in [0.5, 0.6) is 11.5 Å². The first-order chi connectivity index (χ1) is 14.2. The van der Waals surface area contributed by atoms with E-state index in [1.165, 1.54) is 5.69 Å². The van der Waals surface area contributed by atoms with Crippen molar-refractivity contribution in [1.29, 1.82) is 0 Å². The third-order valence-corrected chi connectivity index (χ3v) is 5.20. The van der Waals surface area contributed by atoms with Crippen molar-refractivity contribution in [1.82, 2.24) is 10.6 Å². The Bertz CT molecular complexity index is 815. The summed E-state index contributed by atoms with van der Waals surface area (Å²) in [4.78, 5) is 6.78. The zero-order valence-electron chi connectivity index (χ0n) is 18.1.